The molecular weight excluding hydrogens is 521 g/mol. The van der Waals surface area contributed by atoms with Gasteiger partial charge in [-0.3, -0.25) is 14.3 Å². The van der Waals surface area contributed by atoms with Gasteiger partial charge in [0.15, 0.2) is 0 Å². The monoisotopic (exact) mass is 560 g/mol. The molecule has 2 aliphatic rings. The van der Waals surface area contributed by atoms with Crippen LogP contribution in [0.3, 0.4) is 0 Å². The zero-order chi connectivity index (χ0) is 28.4. The number of rotatable bonds is 9. The molecule has 1 aromatic carbocycles. The molecule has 8 nitrogen and oxygen atoms in total. The maximum absolute atomic E-state index is 13.4. The molecule has 2 N–H and O–H groups in total. The molecule has 2 amide bonds. The van der Waals surface area contributed by atoms with Gasteiger partial charge in [-0.15, -0.1) is 0 Å². The number of hydrogen-bond acceptors (Lipinski definition) is 5. The summed E-state index contributed by atoms with van der Waals surface area (Å²) in [6.07, 6.45) is 1.23. The maximum Gasteiger partial charge on any atom is 0.416 e. The van der Waals surface area contributed by atoms with Gasteiger partial charge < -0.3 is 15.1 Å². The molecule has 4 atom stereocenters. The van der Waals surface area contributed by atoms with Crippen molar-refractivity contribution in [3.63, 3.8) is 0 Å². The Labute approximate surface area is 223 Å². The summed E-state index contributed by atoms with van der Waals surface area (Å²) < 4.78 is 65.5. The van der Waals surface area contributed by atoms with Gasteiger partial charge >= 0.3 is 6.18 Å². The number of sulfonamides is 1. The number of benzene rings is 1. The summed E-state index contributed by atoms with van der Waals surface area (Å²) in [5, 5.41) is 2.57. The second-order valence-electron chi connectivity index (χ2n) is 10.8. The molecule has 0 spiro atoms. The van der Waals surface area contributed by atoms with Crippen LogP contribution < -0.4 is 10.0 Å². The van der Waals surface area contributed by atoms with E-state index in [2.05, 4.69) is 42.8 Å². The quantitative estimate of drug-likeness (QED) is 0.474. The highest BCUT2D eigenvalue weighted by molar-refractivity contribution is 7.92. The second kappa shape index (κ2) is 11.8. The first kappa shape index (κ1) is 30.2. The molecule has 0 aromatic heterocycles. The lowest BCUT2D eigenvalue weighted by molar-refractivity contribution is -0.137. The number of hydrogen-bond donors (Lipinski definition) is 2. The third-order valence-electron chi connectivity index (χ3n) is 7.80. The molecule has 0 unspecified atom stereocenters. The van der Waals surface area contributed by atoms with E-state index in [9.17, 15) is 31.2 Å². The molecule has 1 aliphatic heterocycles. The van der Waals surface area contributed by atoms with E-state index in [1.165, 1.54) is 0 Å². The van der Waals surface area contributed by atoms with Crippen LogP contribution in [0.5, 0.6) is 0 Å². The minimum atomic E-state index is -4.73. The smallest absolute Gasteiger partial charge is 0.340 e. The SMILES string of the molecule is CCC[C@@H]1C[C@H](N(C)C(C)C)CC[C@@H]1N1CC[C@H](NC(=O)c2cc(C(F)(F)F)ccc2NS(C)(=O)=O)C1=O. The summed E-state index contributed by atoms with van der Waals surface area (Å²) in [6, 6.07) is 2.24. The van der Waals surface area contributed by atoms with Crippen molar-refractivity contribution in [2.24, 2.45) is 5.92 Å². The molecule has 1 aliphatic carbocycles. The Kier molecular flexibility index (Phi) is 9.39. The number of amides is 2. The van der Waals surface area contributed by atoms with Crippen LogP contribution in [0.1, 0.15) is 75.2 Å². The lowest BCUT2D eigenvalue weighted by atomic mass is 9.77. The fourth-order valence-electron chi connectivity index (χ4n) is 5.70. The molecule has 0 radical (unpaired) electrons. The van der Waals surface area contributed by atoms with Crippen LogP contribution in [0, 0.1) is 5.92 Å². The van der Waals surface area contributed by atoms with E-state index in [1.54, 1.807) is 0 Å². The zero-order valence-corrected chi connectivity index (χ0v) is 23.5. The second-order valence-corrected chi connectivity index (χ2v) is 12.6. The summed E-state index contributed by atoms with van der Waals surface area (Å²) in [7, 11) is -1.73. The van der Waals surface area contributed by atoms with Crippen LogP contribution in [0.2, 0.25) is 0 Å². The van der Waals surface area contributed by atoms with Crippen LogP contribution in [0.4, 0.5) is 18.9 Å². The molecule has 0 bridgehead atoms. The van der Waals surface area contributed by atoms with Gasteiger partial charge in [-0.25, -0.2) is 8.42 Å². The third kappa shape index (κ3) is 7.19. The Morgan fingerprint density at radius 3 is 2.47 bits per heavy atom. The van der Waals surface area contributed by atoms with Gasteiger partial charge in [0, 0.05) is 24.7 Å². The zero-order valence-electron chi connectivity index (χ0n) is 22.6. The molecule has 38 heavy (non-hydrogen) atoms. The van der Waals surface area contributed by atoms with E-state index in [-0.39, 0.29) is 17.6 Å². The Hall–Kier alpha value is -2.34. The van der Waals surface area contributed by atoms with Crippen molar-refractivity contribution in [1.82, 2.24) is 15.1 Å². The van der Waals surface area contributed by atoms with Crippen molar-refractivity contribution < 1.29 is 31.2 Å². The van der Waals surface area contributed by atoms with Crippen LogP contribution in [-0.4, -0.2) is 74.0 Å². The van der Waals surface area contributed by atoms with Gasteiger partial charge in [0.25, 0.3) is 5.91 Å². The highest BCUT2D eigenvalue weighted by Gasteiger charge is 2.43. The molecular formula is C26H39F3N4O4S. The first-order valence-electron chi connectivity index (χ1n) is 13.1. The minimum Gasteiger partial charge on any atom is -0.340 e. The standard InChI is InChI=1S/C26H39F3N4O4S/c1-6-7-17-14-19(32(4)16(2)3)9-11-23(17)33-13-12-22(25(33)35)30-24(34)20-15-18(26(27,28)29)8-10-21(20)31-38(5,36)37/h8,10,15-17,19,22-23,31H,6-7,9,11-14H2,1-5H3,(H,30,34)/t17-,19-,22+,23+/m1/s1. The average molecular weight is 561 g/mol. The third-order valence-corrected chi connectivity index (χ3v) is 8.39. The van der Waals surface area contributed by atoms with E-state index >= 15 is 0 Å². The van der Waals surface area contributed by atoms with E-state index < -0.39 is 39.3 Å². The summed E-state index contributed by atoms with van der Waals surface area (Å²) in [6.45, 7) is 6.91. The minimum absolute atomic E-state index is 0.0529. The molecule has 214 valence electrons. The van der Waals surface area contributed by atoms with Crippen molar-refractivity contribution in [3.05, 3.63) is 29.3 Å². The van der Waals surface area contributed by atoms with Gasteiger partial charge in [-0.2, -0.15) is 13.2 Å². The Morgan fingerprint density at radius 2 is 1.89 bits per heavy atom. The predicted octanol–water partition coefficient (Wildman–Crippen LogP) is 4.09. The topological polar surface area (TPSA) is 98.8 Å². The lowest BCUT2D eigenvalue weighted by Crippen LogP contribution is -2.51. The number of likely N-dealkylation sites (tertiary alicyclic amines) is 1. The summed E-state index contributed by atoms with van der Waals surface area (Å²) in [5.41, 5.74) is -1.86. The molecule has 1 aromatic rings. The highest BCUT2D eigenvalue weighted by atomic mass is 32.2. The molecule has 1 heterocycles. The van der Waals surface area contributed by atoms with Crippen molar-refractivity contribution in [2.75, 3.05) is 24.6 Å². The van der Waals surface area contributed by atoms with Crippen molar-refractivity contribution in [3.8, 4) is 0 Å². The van der Waals surface area contributed by atoms with Gasteiger partial charge in [0.2, 0.25) is 15.9 Å². The number of carbonyl (C=O) groups is 2. The lowest BCUT2D eigenvalue weighted by Gasteiger charge is -2.44. The summed E-state index contributed by atoms with van der Waals surface area (Å²) >= 11 is 0. The van der Waals surface area contributed by atoms with Gasteiger partial charge in [0.05, 0.1) is 23.1 Å². The number of alkyl halides is 3. The number of anilines is 1. The van der Waals surface area contributed by atoms with E-state index in [1.807, 2.05) is 4.90 Å². The first-order valence-corrected chi connectivity index (χ1v) is 15.0. The predicted molar refractivity (Wildman–Crippen MR) is 140 cm³/mol. The fraction of sp³-hybridized carbons (Fsp3) is 0.692. The number of nitrogens with zero attached hydrogens (tertiary/aromatic N) is 2. The summed E-state index contributed by atoms with van der Waals surface area (Å²) in [5.74, 6) is -0.855. The van der Waals surface area contributed by atoms with Crippen molar-refractivity contribution >= 4 is 27.5 Å². The molecule has 2 fully saturated rings. The Morgan fingerprint density at radius 1 is 1.21 bits per heavy atom. The van der Waals surface area contributed by atoms with Crippen LogP contribution in [-0.2, 0) is 21.0 Å². The molecule has 12 heteroatoms. The van der Waals surface area contributed by atoms with Gasteiger partial charge in [-0.05, 0) is 77.1 Å². The van der Waals surface area contributed by atoms with Crippen molar-refractivity contribution in [1.29, 1.82) is 0 Å². The van der Waals surface area contributed by atoms with Crippen LogP contribution in [0.15, 0.2) is 18.2 Å². The number of nitrogens with one attached hydrogen (secondary N) is 2. The maximum atomic E-state index is 13.4. The molecule has 1 saturated carbocycles. The Bertz CT molecular complexity index is 1130. The Balaban J connectivity index is 1.77. The first-order chi connectivity index (χ1) is 17.6. The van der Waals surface area contributed by atoms with E-state index in [0.29, 0.717) is 43.1 Å². The number of halogens is 3. The average Bonchev–Trinajstić information content (AvgIpc) is 3.16. The van der Waals surface area contributed by atoms with Crippen LogP contribution in [0.25, 0.3) is 0 Å². The molecule has 1 saturated heterocycles. The van der Waals surface area contributed by atoms with Gasteiger partial charge in [0.1, 0.15) is 6.04 Å². The van der Waals surface area contributed by atoms with E-state index in [0.717, 1.165) is 44.4 Å². The van der Waals surface area contributed by atoms with Crippen molar-refractivity contribution in [2.45, 2.75) is 89.6 Å². The summed E-state index contributed by atoms with van der Waals surface area (Å²) in [4.78, 5) is 30.7. The van der Waals surface area contributed by atoms with Crippen LogP contribution >= 0.6 is 0 Å². The highest BCUT2D eigenvalue weighted by Crippen LogP contribution is 2.37. The van der Waals surface area contributed by atoms with Gasteiger partial charge in [-0.1, -0.05) is 13.3 Å². The molecule has 3 rings (SSSR count). The fourth-order valence-corrected chi connectivity index (χ4v) is 6.28. The number of carbonyl (C=O) groups excluding carboxylic acids is 2. The largest absolute Gasteiger partial charge is 0.416 e. The van der Waals surface area contributed by atoms with E-state index in [4.69, 9.17) is 0 Å². The normalized spacial score (nSPS) is 24.8.